The Morgan fingerprint density at radius 1 is 0.939 bits per heavy atom. The summed E-state index contributed by atoms with van der Waals surface area (Å²) < 4.78 is 2.97. The van der Waals surface area contributed by atoms with E-state index in [1.807, 2.05) is 36.1 Å². The molecule has 1 saturated heterocycles. The van der Waals surface area contributed by atoms with Gasteiger partial charge in [0.25, 0.3) is 5.91 Å². The number of carbonyl (C=O) groups is 2. The van der Waals surface area contributed by atoms with Gasteiger partial charge < -0.3 is 14.8 Å². The van der Waals surface area contributed by atoms with E-state index in [9.17, 15) is 19.2 Å². The first-order valence-electron chi connectivity index (χ1n) is 11.4. The topological polar surface area (TPSA) is 93.4 Å². The maximum Gasteiger partial charge on any atom is 0.317 e. The first-order valence-corrected chi connectivity index (χ1v) is 11.4. The van der Waals surface area contributed by atoms with Crippen molar-refractivity contribution in [3.63, 3.8) is 0 Å². The van der Waals surface area contributed by atoms with Crippen LogP contribution in [0.4, 0.5) is 0 Å². The lowest BCUT2D eigenvalue weighted by atomic mass is 10.1. The van der Waals surface area contributed by atoms with E-state index in [-0.39, 0.29) is 18.4 Å². The van der Waals surface area contributed by atoms with Crippen LogP contribution >= 0.6 is 0 Å². The molecule has 8 nitrogen and oxygen atoms in total. The zero-order chi connectivity index (χ0) is 23.4. The monoisotopic (exact) mass is 448 g/mol. The van der Waals surface area contributed by atoms with Gasteiger partial charge in [-0.05, 0) is 49.6 Å². The van der Waals surface area contributed by atoms with Crippen LogP contribution in [-0.4, -0.2) is 45.5 Å². The number of carbonyl (C=O) groups excluding carboxylic acids is 2. The van der Waals surface area contributed by atoms with E-state index >= 15 is 0 Å². The molecule has 1 aromatic heterocycles. The highest BCUT2D eigenvalue weighted by molar-refractivity contribution is 5.94. The number of aryl methyl sites for hydroxylation is 1. The summed E-state index contributed by atoms with van der Waals surface area (Å²) in [5, 5.41) is 2.88. The minimum absolute atomic E-state index is 0.178. The molecule has 2 aromatic carbocycles. The molecule has 0 spiro atoms. The molecular weight excluding hydrogens is 420 g/mol. The third-order valence-corrected chi connectivity index (χ3v) is 6.07. The van der Waals surface area contributed by atoms with Crippen LogP contribution < -0.4 is 16.4 Å². The van der Waals surface area contributed by atoms with E-state index in [0.717, 1.165) is 30.5 Å². The number of hydrogen-bond acceptors (Lipinski definition) is 4. The first kappa shape index (κ1) is 22.5. The highest BCUT2D eigenvalue weighted by atomic mass is 16.2. The second-order valence-corrected chi connectivity index (χ2v) is 8.22. The summed E-state index contributed by atoms with van der Waals surface area (Å²) in [4.78, 5) is 51.2. The Bertz CT molecular complexity index is 1290. The molecule has 0 atom stereocenters. The summed E-state index contributed by atoms with van der Waals surface area (Å²) in [7, 11) is 0. The predicted octanol–water partition coefficient (Wildman–Crippen LogP) is 1.97. The molecule has 2 amide bonds. The number of rotatable bonds is 8. The van der Waals surface area contributed by atoms with Gasteiger partial charge in [-0.1, -0.05) is 24.3 Å². The molecule has 1 aliphatic heterocycles. The van der Waals surface area contributed by atoms with Gasteiger partial charge in [0.05, 0.1) is 17.6 Å². The Hall–Kier alpha value is -3.68. The van der Waals surface area contributed by atoms with Gasteiger partial charge in [-0.25, -0.2) is 0 Å². The maximum atomic E-state index is 12.7. The average Bonchev–Trinajstić information content (AvgIpc) is 3.25. The van der Waals surface area contributed by atoms with Crippen molar-refractivity contribution in [3.8, 4) is 0 Å². The Balaban J connectivity index is 1.43. The lowest BCUT2D eigenvalue weighted by molar-refractivity contribution is -0.127. The van der Waals surface area contributed by atoms with Crippen molar-refractivity contribution in [2.24, 2.45) is 0 Å². The molecule has 2 heterocycles. The lowest BCUT2D eigenvalue weighted by Crippen LogP contribution is -2.41. The van der Waals surface area contributed by atoms with E-state index in [1.165, 1.54) is 9.13 Å². The molecule has 0 unspecified atom stereocenters. The van der Waals surface area contributed by atoms with E-state index in [1.54, 1.807) is 24.3 Å². The van der Waals surface area contributed by atoms with Gasteiger partial charge in [-0.3, -0.25) is 23.7 Å². The number of fused-ring (bicyclic) bond motifs is 1. The van der Waals surface area contributed by atoms with Crippen molar-refractivity contribution < 1.29 is 9.59 Å². The van der Waals surface area contributed by atoms with E-state index in [2.05, 4.69) is 5.32 Å². The minimum Gasteiger partial charge on any atom is -0.352 e. The van der Waals surface area contributed by atoms with Crippen molar-refractivity contribution in [2.75, 3.05) is 19.6 Å². The van der Waals surface area contributed by atoms with Crippen LogP contribution in [0.5, 0.6) is 0 Å². The summed E-state index contributed by atoms with van der Waals surface area (Å²) in [5.41, 5.74) is 1.66. The van der Waals surface area contributed by atoms with Crippen molar-refractivity contribution in [1.29, 1.82) is 0 Å². The smallest absolute Gasteiger partial charge is 0.317 e. The molecule has 1 aliphatic rings. The van der Waals surface area contributed by atoms with Crippen LogP contribution in [0.3, 0.4) is 0 Å². The number of nitrogens with zero attached hydrogens (tertiary/aromatic N) is 3. The zero-order valence-corrected chi connectivity index (χ0v) is 18.8. The second kappa shape index (κ2) is 9.85. The molecule has 0 radical (unpaired) electrons. The largest absolute Gasteiger partial charge is 0.352 e. The number of aromatic nitrogens is 2. The molecule has 33 heavy (non-hydrogen) atoms. The summed E-state index contributed by atoms with van der Waals surface area (Å²) in [6.07, 6.45) is 2.25. The highest BCUT2D eigenvalue weighted by Gasteiger charge is 2.19. The van der Waals surface area contributed by atoms with Gasteiger partial charge in [0.2, 0.25) is 5.91 Å². The molecule has 172 valence electrons. The molecule has 3 aromatic rings. The molecule has 1 fully saturated rings. The van der Waals surface area contributed by atoms with Gasteiger partial charge in [0, 0.05) is 38.2 Å². The minimum atomic E-state index is -0.561. The molecule has 1 N–H and O–H groups in total. The third kappa shape index (κ3) is 4.74. The van der Waals surface area contributed by atoms with Crippen LogP contribution in [0.15, 0.2) is 58.1 Å². The standard InChI is InChI=1S/C25H28N4O4/c1-2-28-20-7-3-4-8-21(20)29(25(33)24(28)32)17-18-10-12-19(13-11-18)23(31)26-14-6-16-27-15-5-9-22(27)30/h3-4,7-8,10-13H,2,5-6,9,14-17H2,1H3,(H,26,31). The summed E-state index contributed by atoms with van der Waals surface area (Å²) in [5.74, 6) is 0.0123. The molecular formula is C25H28N4O4. The van der Waals surface area contributed by atoms with Crippen LogP contribution in [0, 0.1) is 0 Å². The Morgan fingerprint density at radius 3 is 2.24 bits per heavy atom. The zero-order valence-electron chi connectivity index (χ0n) is 18.8. The predicted molar refractivity (Wildman–Crippen MR) is 126 cm³/mol. The van der Waals surface area contributed by atoms with Crippen molar-refractivity contribution in [2.45, 2.75) is 39.3 Å². The van der Waals surface area contributed by atoms with E-state index < -0.39 is 11.1 Å². The van der Waals surface area contributed by atoms with Gasteiger partial charge in [0.1, 0.15) is 0 Å². The number of benzene rings is 2. The SMILES string of the molecule is CCn1c(=O)c(=O)n(Cc2ccc(C(=O)NCCCN3CCCC3=O)cc2)c2ccccc21. The van der Waals surface area contributed by atoms with Crippen molar-refractivity contribution >= 4 is 22.8 Å². The number of likely N-dealkylation sites (tertiary alicyclic amines) is 1. The highest BCUT2D eigenvalue weighted by Crippen LogP contribution is 2.13. The first-order chi connectivity index (χ1) is 16.0. The summed E-state index contributed by atoms with van der Waals surface area (Å²) in [6.45, 7) is 4.48. The lowest BCUT2D eigenvalue weighted by Gasteiger charge is -2.15. The van der Waals surface area contributed by atoms with Crippen LogP contribution in [0.2, 0.25) is 0 Å². The molecule has 4 rings (SSSR count). The van der Waals surface area contributed by atoms with Crippen LogP contribution in [0.25, 0.3) is 11.0 Å². The van der Waals surface area contributed by atoms with Gasteiger partial charge in [0.15, 0.2) is 0 Å². The van der Waals surface area contributed by atoms with Gasteiger partial charge >= 0.3 is 11.1 Å². The summed E-state index contributed by atoms with van der Waals surface area (Å²) >= 11 is 0. The van der Waals surface area contributed by atoms with Crippen molar-refractivity contribution in [3.05, 3.63) is 80.4 Å². The molecule has 8 heteroatoms. The van der Waals surface area contributed by atoms with E-state index in [0.29, 0.717) is 37.1 Å². The van der Waals surface area contributed by atoms with Gasteiger partial charge in [-0.15, -0.1) is 0 Å². The number of nitrogens with one attached hydrogen (secondary N) is 1. The third-order valence-electron chi connectivity index (χ3n) is 6.07. The fraction of sp³-hybridized carbons (Fsp3) is 0.360. The molecule has 0 aliphatic carbocycles. The Labute approximate surface area is 191 Å². The van der Waals surface area contributed by atoms with Crippen LogP contribution in [-0.2, 0) is 17.9 Å². The van der Waals surface area contributed by atoms with E-state index in [4.69, 9.17) is 0 Å². The maximum absolute atomic E-state index is 12.7. The molecule has 0 saturated carbocycles. The Kier molecular flexibility index (Phi) is 6.72. The second-order valence-electron chi connectivity index (χ2n) is 8.22. The Morgan fingerprint density at radius 2 is 1.61 bits per heavy atom. The number of para-hydroxylation sites is 2. The van der Waals surface area contributed by atoms with Crippen LogP contribution in [0.1, 0.15) is 42.1 Å². The molecule has 0 bridgehead atoms. The fourth-order valence-electron chi connectivity index (χ4n) is 4.30. The summed E-state index contributed by atoms with van der Waals surface area (Å²) in [6, 6.07) is 14.4. The normalized spacial score (nSPS) is 13.6. The quantitative estimate of drug-likeness (QED) is 0.421. The average molecular weight is 449 g/mol. The number of hydrogen-bond donors (Lipinski definition) is 1. The number of amides is 2. The fourth-order valence-corrected chi connectivity index (χ4v) is 4.30. The van der Waals surface area contributed by atoms with Gasteiger partial charge in [-0.2, -0.15) is 0 Å². The van der Waals surface area contributed by atoms with Crippen molar-refractivity contribution in [1.82, 2.24) is 19.4 Å².